The normalized spacial score (nSPS) is 10.9. The lowest BCUT2D eigenvalue weighted by molar-refractivity contribution is 0.0690. The van der Waals surface area contributed by atoms with Gasteiger partial charge in [0.1, 0.15) is 11.3 Å². The van der Waals surface area contributed by atoms with Crippen molar-refractivity contribution in [1.82, 2.24) is 9.61 Å². The number of carboxylic acids is 1. The van der Waals surface area contributed by atoms with Crippen molar-refractivity contribution >= 4 is 39.0 Å². The molecule has 3 aromatic heterocycles. The van der Waals surface area contributed by atoms with E-state index in [1.807, 2.05) is 6.07 Å². The van der Waals surface area contributed by atoms with Crippen LogP contribution in [0.1, 0.15) is 20.9 Å². The summed E-state index contributed by atoms with van der Waals surface area (Å²) < 4.78 is 8.08. The molecule has 0 radical (unpaired) electrons. The number of furan rings is 1. The molecule has 4 rings (SSSR count). The van der Waals surface area contributed by atoms with Crippen LogP contribution in [0.4, 0.5) is 5.69 Å². The number of carbonyl (C=O) groups excluding carboxylic acids is 1. The maximum atomic E-state index is 12.5. The Bertz CT molecular complexity index is 1160. The third kappa shape index (κ3) is 3.22. The number of amides is 1. The predicted octanol–water partition coefficient (Wildman–Crippen LogP) is 4.31. The number of carbonyl (C=O) groups is 2. The van der Waals surface area contributed by atoms with E-state index < -0.39 is 11.9 Å². The molecule has 1 amide bonds. The van der Waals surface area contributed by atoms with Gasteiger partial charge in [-0.3, -0.25) is 4.79 Å². The number of fused-ring (bicyclic) bond motifs is 1. The molecule has 0 bridgehead atoms. The Labute approximate surface area is 161 Å². The highest BCUT2D eigenvalue weighted by molar-refractivity contribution is 9.10. The minimum Gasteiger partial charge on any atom is -0.478 e. The lowest BCUT2D eigenvalue weighted by Gasteiger charge is -2.03. The monoisotopic (exact) mass is 425 g/mol. The van der Waals surface area contributed by atoms with Crippen molar-refractivity contribution in [2.24, 2.45) is 0 Å². The van der Waals surface area contributed by atoms with E-state index in [0.29, 0.717) is 11.3 Å². The lowest BCUT2D eigenvalue weighted by Crippen LogP contribution is -2.14. The van der Waals surface area contributed by atoms with Gasteiger partial charge in [-0.05, 0) is 46.3 Å². The number of carboxylic acid groups (broad SMARTS) is 1. The average molecular weight is 426 g/mol. The maximum absolute atomic E-state index is 12.5. The number of nitrogens with one attached hydrogen (secondary N) is 1. The van der Waals surface area contributed by atoms with Crippen LogP contribution in [0, 0.1) is 0 Å². The number of rotatable bonds is 4. The molecule has 3 heterocycles. The number of anilines is 1. The van der Waals surface area contributed by atoms with Crippen LogP contribution in [0.3, 0.4) is 0 Å². The van der Waals surface area contributed by atoms with Gasteiger partial charge in [-0.2, -0.15) is 5.10 Å². The number of pyridine rings is 1. The molecule has 8 heteroatoms. The molecular formula is C19H12BrN3O4. The van der Waals surface area contributed by atoms with Crippen molar-refractivity contribution in [3.05, 3.63) is 76.7 Å². The van der Waals surface area contributed by atoms with Crippen LogP contribution in [-0.2, 0) is 0 Å². The van der Waals surface area contributed by atoms with E-state index in [-0.39, 0.29) is 17.1 Å². The first kappa shape index (κ1) is 17.0. The molecule has 0 aliphatic carbocycles. The quantitative estimate of drug-likeness (QED) is 0.507. The lowest BCUT2D eigenvalue weighted by atomic mass is 10.1. The summed E-state index contributed by atoms with van der Waals surface area (Å²) in [5.41, 5.74) is 1.76. The Morgan fingerprint density at radius 1 is 1.15 bits per heavy atom. The van der Waals surface area contributed by atoms with Gasteiger partial charge in [-0.25, -0.2) is 9.31 Å². The van der Waals surface area contributed by atoms with E-state index >= 15 is 0 Å². The summed E-state index contributed by atoms with van der Waals surface area (Å²) in [7, 11) is 0. The first-order valence-electron chi connectivity index (χ1n) is 7.90. The standard InChI is InChI=1S/C19H12BrN3O4/c20-14-10-21-23-7-6-11(8-15(14)23)16-9-13(19(25)26)17(27-16)18(24)22-12-4-2-1-3-5-12/h1-10H,(H,22,24)(H,25,26). The molecule has 27 heavy (non-hydrogen) atoms. The van der Waals surface area contributed by atoms with E-state index in [1.165, 1.54) is 6.07 Å². The van der Waals surface area contributed by atoms with E-state index in [2.05, 4.69) is 26.3 Å². The van der Waals surface area contributed by atoms with Gasteiger partial charge in [0, 0.05) is 17.4 Å². The Hall–Kier alpha value is -3.39. The van der Waals surface area contributed by atoms with Crippen LogP contribution in [0.5, 0.6) is 0 Å². The number of hydrogen-bond donors (Lipinski definition) is 2. The van der Waals surface area contributed by atoms with Crippen LogP contribution < -0.4 is 5.32 Å². The highest BCUT2D eigenvalue weighted by atomic mass is 79.9. The zero-order valence-corrected chi connectivity index (χ0v) is 15.3. The molecule has 0 atom stereocenters. The fraction of sp³-hybridized carbons (Fsp3) is 0. The highest BCUT2D eigenvalue weighted by Gasteiger charge is 2.24. The SMILES string of the molecule is O=C(O)c1cc(-c2ccn3ncc(Br)c3c2)oc1C(=O)Nc1ccccc1. The second-order valence-electron chi connectivity index (χ2n) is 5.72. The molecule has 0 fully saturated rings. The molecule has 134 valence electrons. The van der Waals surface area contributed by atoms with Crippen molar-refractivity contribution in [1.29, 1.82) is 0 Å². The van der Waals surface area contributed by atoms with Gasteiger partial charge in [0.05, 0.1) is 16.2 Å². The van der Waals surface area contributed by atoms with Gasteiger partial charge >= 0.3 is 5.97 Å². The van der Waals surface area contributed by atoms with E-state index in [4.69, 9.17) is 4.42 Å². The topological polar surface area (TPSA) is 96.8 Å². The summed E-state index contributed by atoms with van der Waals surface area (Å²) >= 11 is 3.40. The Morgan fingerprint density at radius 2 is 1.93 bits per heavy atom. The third-order valence-corrected chi connectivity index (χ3v) is 4.57. The molecule has 1 aromatic carbocycles. The zero-order valence-electron chi connectivity index (χ0n) is 13.7. The molecular weight excluding hydrogens is 414 g/mol. The average Bonchev–Trinajstić information content (AvgIpc) is 3.27. The first-order valence-corrected chi connectivity index (χ1v) is 8.69. The van der Waals surface area contributed by atoms with Crippen LogP contribution in [0.2, 0.25) is 0 Å². The smallest absolute Gasteiger partial charge is 0.339 e. The number of nitrogens with zero attached hydrogens (tertiary/aromatic N) is 2. The molecule has 0 saturated carbocycles. The largest absolute Gasteiger partial charge is 0.478 e. The number of aromatic carboxylic acids is 1. The van der Waals surface area contributed by atoms with Gasteiger partial charge in [-0.1, -0.05) is 18.2 Å². The summed E-state index contributed by atoms with van der Waals surface area (Å²) in [6.07, 6.45) is 3.38. The minimum absolute atomic E-state index is 0.203. The predicted molar refractivity (Wildman–Crippen MR) is 102 cm³/mol. The van der Waals surface area contributed by atoms with Crippen molar-refractivity contribution in [2.75, 3.05) is 5.32 Å². The number of halogens is 1. The number of aromatic nitrogens is 2. The summed E-state index contributed by atoms with van der Waals surface area (Å²) in [6, 6.07) is 13.6. The summed E-state index contributed by atoms with van der Waals surface area (Å²) in [6.45, 7) is 0. The first-order chi connectivity index (χ1) is 13.0. The van der Waals surface area contributed by atoms with Crippen LogP contribution in [0.15, 0.2) is 69.8 Å². The second kappa shape index (κ2) is 6.73. The Morgan fingerprint density at radius 3 is 2.67 bits per heavy atom. The molecule has 2 N–H and O–H groups in total. The number of benzene rings is 1. The minimum atomic E-state index is -1.24. The highest BCUT2D eigenvalue weighted by Crippen LogP contribution is 2.29. The summed E-state index contributed by atoms with van der Waals surface area (Å²) in [5.74, 6) is -1.85. The van der Waals surface area contributed by atoms with Crippen molar-refractivity contribution in [2.45, 2.75) is 0 Å². The Balaban J connectivity index is 1.74. The van der Waals surface area contributed by atoms with Gasteiger partial charge in [0.15, 0.2) is 0 Å². The number of para-hydroxylation sites is 1. The van der Waals surface area contributed by atoms with E-state index in [0.717, 1.165) is 9.99 Å². The maximum Gasteiger partial charge on any atom is 0.339 e. The van der Waals surface area contributed by atoms with E-state index in [9.17, 15) is 14.7 Å². The van der Waals surface area contributed by atoms with Crippen LogP contribution in [-0.4, -0.2) is 26.6 Å². The van der Waals surface area contributed by atoms with Crippen molar-refractivity contribution < 1.29 is 19.1 Å². The Kier molecular flexibility index (Phi) is 4.25. The fourth-order valence-electron chi connectivity index (χ4n) is 2.67. The third-order valence-electron chi connectivity index (χ3n) is 3.96. The van der Waals surface area contributed by atoms with Gasteiger partial charge in [0.2, 0.25) is 5.76 Å². The molecule has 7 nitrogen and oxygen atoms in total. The number of hydrogen-bond acceptors (Lipinski definition) is 4. The van der Waals surface area contributed by atoms with Gasteiger partial charge in [-0.15, -0.1) is 0 Å². The summed E-state index contributed by atoms with van der Waals surface area (Å²) in [5, 5.41) is 16.3. The van der Waals surface area contributed by atoms with Gasteiger partial charge in [0.25, 0.3) is 5.91 Å². The molecule has 0 aliphatic rings. The molecule has 4 aromatic rings. The van der Waals surface area contributed by atoms with Gasteiger partial charge < -0.3 is 14.8 Å². The zero-order chi connectivity index (χ0) is 19.0. The van der Waals surface area contributed by atoms with Crippen LogP contribution >= 0.6 is 15.9 Å². The molecule has 0 spiro atoms. The van der Waals surface area contributed by atoms with Crippen molar-refractivity contribution in [3.63, 3.8) is 0 Å². The summed E-state index contributed by atoms with van der Waals surface area (Å²) in [4.78, 5) is 24.1. The van der Waals surface area contributed by atoms with Crippen LogP contribution in [0.25, 0.3) is 16.8 Å². The molecule has 0 unspecified atom stereocenters. The fourth-order valence-corrected chi connectivity index (χ4v) is 3.06. The van der Waals surface area contributed by atoms with Crippen molar-refractivity contribution in [3.8, 4) is 11.3 Å². The second-order valence-corrected chi connectivity index (χ2v) is 6.57. The van der Waals surface area contributed by atoms with E-state index in [1.54, 1.807) is 53.3 Å². The molecule has 0 aliphatic heterocycles. The molecule has 0 saturated heterocycles.